The number of hydrogen-bond donors (Lipinski definition) is 1. The molecule has 1 N–H and O–H groups in total. The lowest BCUT2D eigenvalue weighted by atomic mass is 10.0. The van der Waals surface area contributed by atoms with Crippen LogP contribution in [0.4, 0.5) is 4.39 Å². The lowest BCUT2D eigenvalue weighted by molar-refractivity contribution is 0.305. The Bertz CT molecular complexity index is 726. The van der Waals surface area contributed by atoms with Gasteiger partial charge in [-0.15, -0.1) is 0 Å². The zero-order valence-electron chi connectivity index (χ0n) is 10.8. The summed E-state index contributed by atoms with van der Waals surface area (Å²) in [7, 11) is 0. The minimum Gasteiger partial charge on any atom is -0.489 e. The van der Waals surface area contributed by atoms with Gasteiger partial charge in [-0.2, -0.15) is 5.26 Å². The molecular weight excluding hydrogens is 295 g/mol. The monoisotopic (exact) mass is 304 g/mol. The Hall–Kier alpha value is -2.58. The van der Waals surface area contributed by atoms with Gasteiger partial charge in [0.1, 0.15) is 24.2 Å². The molecule has 0 saturated carbocycles. The molecular formula is C15H10ClFN2O2. The standard InChI is InChI=1S/C15H10ClFN2O2/c16-13-7-11(5-6-14(13)17)21-9-10-3-1-2-4-12(10)15(8-18)19-20/h1-7,20H,9H2/b19-15-. The van der Waals surface area contributed by atoms with Crippen molar-refractivity contribution in [3.8, 4) is 11.8 Å². The highest BCUT2D eigenvalue weighted by atomic mass is 35.5. The smallest absolute Gasteiger partial charge is 0.187 e. The van der Waals surface area contributed by atoms with E-state index in [1.165, 1.54) is 18.2 Å². The zero-order valence-corrected chi connectivity index (χ0v) is 11.5. The van der Waals surface area contributed by atoms with Gasteiger partial charge in [-0.05, 0) is 17.7 Å². The van der Waals surface area contributed by atoms with Gasteiger partial charge < -0.3 is 9.94 Å². The van der Waals surface area contributed by atoms with Crippen molar-refractivity contribution in [2.24, 2.45) is 5.16 Å². The summed E-state index contributed by atoms with van der Waals surface area (Å²) in [5, 5.41) is 20.7. The van der Waals surface area contributed by atoms with Crippen LogP contribution in [-0.4, -0.2) is 10.9 Å². The van der Waals surface area contributed by atoms with Crippen LogP contribution in [0.2, 0.25) is 5.02 Å². The molecule has 21 heavy (non-hydrogen) atoms. The molecule has 0 spiro atoms. The van der Waals surface area contributed by atoms with Crippen LogP contribution < -0.4 is 4.74 Å². The van der Waals surface area contributed by atoms with Crippen molar-refractivity contribution in [3.05, 3.63) is 64.4 Å². The molecule has 2 rings (SSSR count). The van der Waals surface area contributed by atoms with Gasteiger partial charge in [0.2, 0.25) is 0 Å². The van der Waals surface area contributed by atoms with Gasteiger partial charge in [0.15, 0.2) is 5.71 Å². The predicted octanol–water partition coefficient (Wildman–Crippen LogP) is 3.76. The molecule has 4 nitrogen and oxygen atoms in total. The lowest BCUT2D eigenvalue weighted by Crippen LogP contribution is -2.05. The molecule has 0 aliphatic carbocycles. The molecule has 0 saturated heterocycles. The molecule has 2 aromatic rings. The first-order valence-corrected chi connectivity index (χ1v) is 6.31. The summed E-state index contributed by atoms with van der Waals surface area (Å²) in [5.74, 6) is -0.126. The third-order valence-corrected chi connectivity index (χ3v) is 3.05. The first kappa shape index (κ1) is 14.8. The summed E-state index contributed by atoms with van der Waals surface area (Å²) in [4.78, 5) is 0. The number of benzene rings is 2. The number of rotatable bonds is 4. The average Bonchev–Trinajstić information content (AvgIpc) is 2.51. The minimum absolute atomic E-state index is 0.0320. The van der Waals surface area contributed by atoms with Crippen molar-refractivity contribution < 1.29 is 14.3 Å². The summed E-state index contributed by atoms with van der Waals surface area (Å²) < 4.78 is 18.6. The second-order valence-electron chi connectivity index (χ2n) is 4.08. The minimum atomic E-state index is -0.524. The number of hydrogen-bond acceptors (Lipinski definition) is 4. The first-order valence-electron chi connectivity index (χ1n) is 5.94. The van der Waals surface area contributed by atoms with Crippen LogP contribution in [0, 0.1) is 17.1 Å². The highest BCUT2D eigenvalue weighted by Gasteiger charge is 2.10. The van der Waals surface area contributed by atoms with Crippen LogP contribution in [0.25, 0.3) is 0 Å². The molecule has 2 aromatic carbocycles. The predicted molar refractivity (Wildman–Crippen MR) is 76.1 cm³/mol. The van der Waals surface area contributed by atoms with Gasteiger partial charge in [-0.1, -0.05) is 41.0 Å². The third kappa shape index (κ3) is 3.50. The molecule has 0 bridgehead atoms. The Morgan fingerprint density at radius 1 is 1.33 bits per heavy atom. The fraction of sp³-hybridized carbons (Fsp3) is 0.0667. The molecule has 0 atom stereocenters. The van der Waals surface area contributed by atoms with Gasteiger partial charge in [-0.25, -0.2) is 4.39 Å². The van der Waals surface area contributed by atoms with E-state index in [4.69, 9.17) is 26.8 Å². The van der Waals surface area contributed by atoms with Crippen molar-refractivity contribution in [2.45, 2.75) is 6.61 Å². The number of nitriles is 1. The maximum atomic E-state index is 13.1. The molecule has 0 aliphatic rings. The van der Waals surface area contributed by atoms with Crippen LogP contribution in [-0.2, 0) is 6.61 Å². The van der Waals surface area contributed by atoms with E-state index in [2.05, 4.69) is 5.16 Å². The van der Waals surface area contributed by atoms with Crippen LogP contribution >= 0.6 is 11.6 Å². The second-order valence-corrected chi connectivity index (χ2v) is 4.49. The molecule has 106 valence electrons. The summed E-state index contributed by atoms with van der Waals surface area (Å²) in [5.41, 5.74) is 1.02. The number of oxime groups is 1. The van der Waals surface area contributed by atoms with Crippen LogP contribution in [0.1, 0.15) is 11.1 Å². The van der Waals surface area contributed by atoms with Gasteiger partial charge in [0.05, 0.1) is 5.02 Å². The highest BCUT2D eigenvalue weighted by molar-refractivity contribution is 6.30. The van der Waals surface area contributed by atoms with Crippen molar-refractivity contribution in [1.29, 1.82) is 5.26 Å². The van der Waals surface area contributed by atoms with E-state index >= 15 is 0 Å². The third-order valence-electron chi connectivity index (χ3n) is 2.76. The largest absolute Gasteiger partial charge is 0.489 e. The van der Waals surface area contributed by atoms with Gasteiger partial charge in [0.25, 0.3) is 0 Å². The number of halogens is 2. The van der Waals surface area contributed by atoms with Crippen molar-refractivity contribution in [2.75, 3.05) is 0 Å². The molecule has 0 aliphatic heterocycles. The van der Waals surface area contributed by atoms with Crippen molar-refractivity contribution in [1.82, 2.24) is 0 Å². The van der Waals surface area contributed by atoms with E-state index < -0.39 is 5.82 Å². The fourth-order valence-electron chi connectivity index (χ4n) is 1.74. The normalized spacial score (nSPS) is 11.0. The van der Waals surface area contributed by atoms with Crippen molar-refractivity contribution >= 4 is 17.3 Å². The van der Waals surface area contributed by atoms with Crippen molar-refractivity contribution in [3.63, 3.8) is 0 Å². The van der Waals surface area contributed by atoms with Crippen LogP contribution in [0.5, 0.6) is 5.75 Å². The number of nitrogens with zero attached hydrogens (tertiary/aromatic N) is 2. The Balaban J connectivity index is 2.21. The average molecular weight is 305 g/mol. The molecule has 0 aromatic heterocycles. The lowest BCUT2D eigenvalue weighted by Gasteiger charge is -2.10. The van der Waals surface area contributed by atoms with E-state index in [9.17, 15) is 4.39 Å². The Labute approximate surface area is 125 Å². The highest BCUT2D eigenvalue weighted by Crippen LogP contribution is 2.22. The fourth-order valence-corrected chi connectivity index (χ4v) is 1.91. The van der Waals surface area contributed by atoms with Crippen LogP contribution in [0.3, 0.4) is 0 Å². The second kappa shape index (κ2) is 6.73. The maximum Gasteiger partial charge on any atom is 0.187 e. The first-order chi connectivity index (χ1) is 10.2. The van der Waals surface area contributed by atoms with E-state index in [0.717, 1.165) is 0 Å². The van der Waals surface area contributed by atoms with Gasteiger partial charge >= 0.3 is 0 Å². The van der Waals surface area contributed by atoms with Crippen LogP contribution in [0.15, 0.2) is 47.6 Å². The molecule has 0 heterocycles. The van der Waals surface area contributed by atoms with E-state index in [-0.39, 0.29) is 17.3 Å². The Morgan fingerprint density at radius 2 is 2.10 bits per heavy atom. The molecule has 0 amide bonds. The molecule has 0 fully saturated rings. The summed E-state index contributed by atoms with van der Waals surface area (Å²) >= 11 is 5.67. The molecule has 6 heteroatoms. The summed E-state index contributed by atoms with van der Waals surface area (Å²) in [6, 6.07) is 12.7. The van der Waals surface area contributed by atoms with E-state index in [1.807, 2.05) is 0 Å². The topological polar surface area (TPSA) is 65.6 Å². The Morgan fingerprint density at radius 3 is 2.76 bits per heavy atom. The SMILES string of the molecule is N#C/C(=N/O)c1ccccc1COc1ccc(F)c(Cl)c1. The van der Waals surface area contributed by atoms with Gasteiger partial charge in [-0.3, -0.25) is 0 Å². The molecule has 0 unspecified atom stereocenters. The maximum absolute atomic E-state index is 13.1. The quantitative estimate of drug-likeness (QED) is 0.531. The number of ether oxygens (including phenoxy) is 1. The van der Waals surface area contributed by atoms with E-state index in [0.29, 0.717) is 16.9 Å². The summed E-state index contributed by atoms with van der Waals surface area (Å²) in [6.07, 6.45) is 0. The van der Waals surface area contributed by atoms with E-state index in [1.54, 1.807) is 30.3 Å². The summed E-state index contributed by atoms with van der Waals surface area (Å²) in [6.45, 7) is 0.124. The Kier molecular flexibility index (Phi) is 4.75. The zero-order chi connectivity index (χ0) is 15.2. The molecule has 0 radical (unpaired) electrons. The van der Waals surface area contributed by atoms with Gasteiger partial charge in [0, 0.05) is 11.6 Å².